The van der Waals surface area contributed by atoms with E-state index in [0.717, 1.165) is 25.7 Å². The maximum Gasteiger partial charge on any atom is 0.113 e. The van der Waals surface area contributed by atoms with E-state index in [1.165, 1.54) is 0 Å². The van der Waals surface area contributed by atoms with Crippen molar-refractivity contribution < 1.29 is 9.84 Å². The molecule has 0 aromatic rings. The van der Waals surface area contributed by atoms with E-state index in [9.17, 15) is 5.11 Å². The number of ether oxygens (including phenoxy) is 1. The molecule has 0 amide bonds. The van der Waals surface area contributed by atoms with Gasteiger partial charge in [-0.2, -0.15) is 0 Å². The highest BCUT2D eigenvalue weighted by atomic mass is 16.5. The molecule has 2 nitrogen and oxygen atoms in total. The van der Waals surface area contributed by atoms with Crippen LogP contribution in [0.3, 0.4) is 0 Å². The van der Waals surface area contributed by atoms with Crippen molar-refractivity contribution >= 4 is 0 Å². The summed E-state index contributed by atoms with van der Waals surface area (Å²) in [5.41, 5.74) is -0.555. The zero-order chi connectivity index (χ0) is 9.53. The average molecular weight is 182 g/mol. The van der Waals surface area contributed by atoms with E-state index in [1.807, 2.05) is 13.8 Å². The second kappa shape index (κ2) is 2.82. The monoisotopic (exact) mass is 182 g/mol. The number of hydrogen-bond acceptors (Lipinski definition) is 2. The molecule has 1 spiro atoms. The predicted molar refractivity (Wildman–Crippen MR) is 51.5 cm³/mol. The van der Waals surface area contributed by atoms with E-state index in [4.69, 9.17) is 4.74 Å². The quantitative estimate of drug-likeness (QED) is 0.581. The minimum absolute atomic E-state index is 0.196. The fourth-order valence-corrected chi connectivity index (χ4v) is 2.36. The van der Waals surface area contributed by atoms with Crippen molar-refractivity contribution in [2.24, 2.45) is 0 Å². The summed E-state index contributed by atoms with van der Waals surface area (Å²) in [6.07, 6.45) is 7.96. The zero-order valence-corrected chi connectivity index (χ0v) is 8.42. The smallest absolute Gasteiger partial charge is 0.113 e. The molecule has 1 fully saturated rings. The van der Waals surface area contributed by atoms with Gasteiger partial charge in [-0.3, -0.25) is 0 Å². The topological polar surface area (TPSA) is 29.5 Å². The van der Waals surface area contributed by atoms with Gasteiger partial charge in [0.2, 0.25) is 0 Å². The van der Waals surface area contributed by atoms with Crippen molar-refractivity contribution in [3.05, 3.63) is 12.2 Å². The van der Waals surface area contributed by atoms with Crippen LogP contribution in [-0.2, 0) is 4.74 Å². The van der Waals surface area contributed by atoms with Gasteiger partial charge in [-0.05, 0) is 26.7 Å². The normalized spacial score (nSPS) is 42.8. The Labute approximate surface area is 79.6 Å². The Kier molecular flexibility index (Phi) is 2.00. The summed E-state index contributed by atoms with van der Waals surface area (Å²) in [5.74, 6) is 0. The molecule has 13 heavy (non-hydrogen) atoms. The third-order valence-corrected chi connectivity index (χ3v) is 3.08. The number of aliphatic hydroxyl groups is 1. The van der Waals surface area contributed by atoms with Crippen LogP contribution in [0.1, 0.15) is 39.5 Å². The van der Waals surface area contributed by atoms with Gasteiger partial charge < -0.3 is 9.84 Å². The van der Waals surface area contributed by atoms with Crippen molar-refractivity contribution in [2.45, 2.75) is 56.8 Å². The molecule has 0 radical (unpaired) electrons. The standard InChI is InChI=1S/C11H18O2/c1-10(2)7-8-11(13-10)6-4-3-5-9(11)12/h7-9,12H,3-6H2,1-2H3/t9-,11+/m0/s1. The van der Waals surface area contributed by atoms with Gasteiger partial charge in [-0.15, -0.1) is 0 Å². The maximum atomic E-state index is 9.92. The summed E-state index contributed by atoms with van der Waals surface area (Å²) < 4.78 is 5.93. The first kappa shape index (κ1) is 9.22. The van der Waals surface area contributed by atoms with Crippen LogP contribution in [0, 0.1) is 0 Å². The molecule has 0 aromatic carbocycles. The van der Waals surface area contributed by atoms with Gasteiger partial charge in [-0.1, -0.05) is 25.0 Å². The molecule has 1 aliphatic carbocycles. The van der Waals surface area contributed by atoms with Crippen LogP contribution in [-0.4, -0.2) is 22.4 Å². The predicted octanol–water partition coefficient (Wildman–Crippen LogP) is 2.03. The van der Waals surface area contributed by atoms with Crippen LogP contribution in [0.25, 0.3) is 0 Å². The van der Waals surface area contributed by atoms with Crippen molar-refractivity contribution in [1.29, 1.82) is 0 Å². The average Bonchev–Trinajstić information content (AvgIpc) is 2.35. The first-order valence-corrected chi connectivity index (χ1v) is 5.13. The number of aliphatic hydroxyl groups excluding tert-OH is 1. The lowest BCUT2D eigenvalue weighted by molar-refractivity contribution is -0.145. The van der Waals surface area contributed by atoms with E-state index < -0.39 is 0 Å². The van der Waals surface area contributed by atoms with Gasteiger partial charge in [0.15, 0.2) is 0 Å². The van der Waals surface area contributed by atoms with Crippen LogP contribution in [0.5, 0.6) is 0 Å². The minimum atomic E-state index is -0.359. The van der Waals surface area contributed by atoms with Gasteiger partial charge in [-0.25, -0.2) is 0 Å². The third-order valence-electron chi connectivity index (χ3n) is 3.08. The first-order valence-electron chi connectivity index (χ1n) is 5.13. The van der Waals surface area contributed by atoms with Crippen LogP contribution >= 0.6 is 0 Å². The highest BCUT2D eigenvalue weighted by molar-refractivity contribution is 5.19. The van der Waals surface area contributed by atoms with E-state index in [1.54, 1.807) is 0 Å². The second-order valence-electron chi connectivity index (χ2n) is 4.76. The lowest BCUT2D eigenvalue weighted by Crippen LogP contribution is -2.46. The Bertz CT molecular complexity index is 232. The molecule has 2 aliphatic rings. The van der Waals surface area contributed by atoms with Crippen molar-refractivity contribution in [1.82, 2.24) is 0 Å². The molecule has 2 atom stereocenters. The van der Waals surface area contributed by atoms with Crippen molar-refractivity contribution in [3.63, 3.8) is 0 Å². The van der Waals surface area contributed by atoms with E-state index in [0.29, 0.717) is 0 Å². The van der Waals surface area contributed by atoms with E-state index >= 15 is 0 Å². The molecule has 2 heteroatoms. The Morgan fingerprint density at radius 2 is 2.08 bits per heavy atom. The van der Waals surface area contributed by atoms with Gasteiger partial charge in [0.05, 0.1) is 11.7 Å². The summed E-state index contributed by atoms with van der Waals surface area (Å²) in [7, 11) is 0. The van der Waals surface area contributed by atoms with E-state index in [-0.39, 0.29) is 17.3 Å². The Morgan fingerprint density at radius 1 is 1.31 bits per heavy atom. The van der Waals surface area contributed by atoms with Crippen LogP contribution < -0.4 is 0 Å². The molecule has 1 saturated carbocycles. The SMILES string of the molecule is CC1(C)C=C[C@@]2(CCCC[C@@H]2O)O1. The zero-order valence-electron chi connectivity index (χ0n) is 8.42. The summed E-state index contributed by atoms with van der Waals surface area (Å²) in [5, 5.41) is 9.92. The van der Waals surface area contributed by atoms with Gasteiger partial charge in [0, 0.05) is 0 Å². The molecule has 1 heterocycles. The molecular weight excluding hydrogens is 164 g/mol. The fraction of sp³-hybridized carbons (Fsp3) is 0.818. The fourth-order valence-electron chi connectivity index (χ4n) is 2.36. The number of hydrogen-bond donors (Lipinski definition) is 1. The molecule has 0 saturated heterocycles. The molecule has 74 valence electrons. The second-order valence-corrected chi connectivity index (χ2v) is 4.76. The summed E-state index contributed by atoms with van der Waals surface area (Å²) in [4.78, 5) is 0. The largest absolute Gasteiger partial charge is 0.390 e. The molecule has 1 aliphatic heterocycles. The Balaban J connectivity index is 2.18. The van der Waals surface area contributed by atoms with Gasteiger partial charge in [0.1, 0.15) is 5.60 Å². The summed E-state index contributed by atoms with van der Waals surface area (Å²) >= 11 is 0. The summed E-state index contributed by atoms with van der Waals surface area (Å²) in [6.45, 7) is 4.08. The molecule has 0 bridgehead atoms. The molecule has 0 unspecified atom stereocenters. The highest BCUT2D eigenvalue weighted by Crippen LogP contribution is 2.41. The van der Waals surface area contributed by atoms with Crippen LogP contribution in [0.15, 0.2) is 12.2 Å². The Morgan fingerprint density at radius 3 is 2.62 bits per heavy atom. The van der Waals surface area contributed by atoms with Crippen LogP contribution in [0.4, 0.5) is 0 Å². The van der Waals surface area contributed by atoms with Gasteiger partial charge in [0.25, 0.3) is 0 Å². The van der Waals surface area contributed by atoms with Gasteiger partial charge >= 0.3 is 0 Å². The summed E-state index contributed by atoms with van der Waals surface area (Å²) in [6, 6.07) is 0. The lowest BCUT2D eigenvalue weighted by Gasteiger charge is -2.39. The molecular formula is C11H18O2. The van der Waals surface area contributed by atoms with Crippen molar-refractivity contribution in [2.75, 3.05) is 0 Å². The van der Waals surface area contributed by atoms with Crippen molar-refractivity contribution in [3.8, 4) is 0 Å². The van der Waals surface area contributed by atoms with Crippen LogP contribution in [0.2, 0.25) is 0 Å². The molecule has 2 rings (SSSR count). The Hall–Kier alpha value is -0.340. The lowest BCUT2D eigenvalue weighted by atomic mass is 9.82. The highest BCUT2D eigenvalue weighted by Gasteiger charge is 2.45. The number of rotatable bonds is 0. The molecule has 0 aromatic heterocycles. The molecule has 1 N–H and O–H groups in total. The van der Waals surface area contributed by atoms with E-state index in [2.05, 4.69) is 12.2 Å². The third kappa shape index (κ3) is 1.53. The first-order chi connectivity index (χ1) is 6.04. The minimum Gasteiger partial charge on any atom is -0.390 e. The maximum absolute atomic E-state index is 9.92.